The third-order valence-corrected chi connectivity index (χ3v) is 1.96. The van der Waals surface area contributed by atoms with Crippen molar-refractivity contribution in [1.82, 2.24) is 0 Å². The molecule has 1 aromatic carbocycles. The first-order chi connectivity index (χ1) is 5.47. The van der Waals surface area contributed by atoms with E-state index in [1.165, 1.54) is 0 Å². The van der Waals surface area contributed by atoms with E-state index in [1.54, 1.807) is 12.1 Å². The summed E-state index contributed by atoms with van der Waals surface area (Å²) in [5, 5.41) is 0. The fraction of sp³-hybridized carbons (Fsp3) is 0.250. The number of hydrogen-bond donors (Lipinski definition) is 1. The summed E-state index contributed by atoms with van der Waals surface area (Å²) in [6.45, 7) is 1.95. The second kappa shape index (κ2) is 3.15. The Bertz CT molecular complexity index is 353. The van der Waals surface area contributed by atoms with Gasteiger partial charge in [-0.25, -0.2) is 8.42 Å². The van der Waals surface area contributed by atoms with Crippen LogP contribution in [-0.4, -0.2) is 14.7 Å². The molecule has 0 amide bonds. The van der Waals surface area contributed by atoms with Crippen LogP contribution in [0.25, 0.3) is 0 Å². The molecule has 0 atom stereocenters. The molecule has 1 aromatic rings. The zero-order valence-corrected chi connectivity index (χ0v) is 7.85. The minimum absolute atomic E-state index is 0.600. The van der Waals surface area contributed by atoms with Crippen molar-refractivity contribution in [3.63, 3.8) is 0 Å². The number of benzene rings is 1. The molecule has 0 fully saturated rings. The first-order valence-corrected chi connectivity index (χ1v) is 5.41. The first-order valence-electron chi connectivity index (χ1n) is 3.52. The van der Waals surface area contributed by atoms with Crippen LogP contribution in [0.5, 0.6) is 0 Å². The normalized spacial score (nSPS) is 11.2. The van der Waals surface area contributed by atoms with E-state index in [1.807, 2.05) is 19.1 Å². The highest BCUT2D eigenvalue weighted by Crippen LogP contribution is 2.09. The molecule has 3 nitrogen and oxygen atoms in total. The number of nitrogens with one attached hydrogen (secondary N) is 1. The van der Waals surface area contributed by atoms with Gasteiger partial charge >= 0.3 is 0 Å². The molecule has 0 bridgehead atoms. The van der Waals surface area contributed by atoms with Gasteiger partial charge in [0.2, 0.25) is 10.0 Å². The molecule has 0 unspecified atom stereocenters. The van der Waals surface area contributed by atoms with E-state index >= 15 is 0 Å². The van der Waals surface area contributed by atoms with Crippen molar-refractivity contribution in [2.24, 2.45) is 0 Å². The minimum Gasteiger partial charge on any atom is -0.284 e. The van der Waals surface area contributed by atoms with Gasteiger partial charge in [-0.1, -0.05) is 17.7 Å². The number of hydrogen-bond acceptors (Lipinski definition) is 2. The Hall–Kier alpha value is -1.03. The standard InChI is InChI=1S/C8H11NO2S/c1-7-3-5-8(6-4-7)9-12(2,10)11/h3-6,9H,1-2H3. The zero-order chi connectivity index (χ0) is 9.19. The summed E-state index contributed by atoms with van der Waals surface area (Å²) in [6, 6.07) is 7.17. The Morgan fingerprint density at radius 1 is 1.17 bits per heavy atom. The minimum atomic E-state index is -3.14. The summed E-state index contributed by atoms with van der Waals surface area (Å²) in [6.07, 6.45) is 1.13. The Balaban J connectivity index is 2.85. The van der Waals surface area contributed by atoms with Crippen molar-refractivity contribution in [3.05, 3.63) is 29.8 Å². The van der Waals surface area contributed by atoms with Crippen molar-refractivity contribution in [2.45, 2.75) is 6.92 Å². The van der Waals surface area contributed by atoms with Gasteiger partial charge in [0, 0.05) is 5.69 Å². The van der Waals surface area contributed by atoms with Gasteiger partial charge in [-0.2, -0.15) is 0 Å². The molecule has 0 spiro atoms. The van der Waals surface area contributed by atoms with Crippen molar-refractivity contribution >= 4 is 15.7 Å². The zero-order valence-electron chi connectivity index (χ0n) is 7.03. The second-order valence-electron chi connectivity index (χ2n) is 2.74. The van der Waals surface area contributed by atoms with Crippen LogP contribution in [0.15, 0.2) is 24.3 Å². The van der Waals surface area contributed by atoms with Crippen LogP contribution in [0.2, 0.25) is 0 Å². The Labute approximate surface area is 72.5 Å². The Morgan fingerprint density at radius 2 is 1.67 bits per heavy atom. The van der Waals surface area contributed by atoms with Gasteiger partial charge in [-0.3, -0.25) is 4.72 Å². The van der Waals surface area contributed by atoms with E-state index in [9.17, 15) is 8.42 Å². The van der Waals surface area contributed by atoms with E-state index in [2.05, 4.69) is 4.72 Å². The Kier molecular flexibility index (Phi) is 2.38. The van der Waals surface area contributed by atoms with Gasteiger partial charge in [-0.05, 0) is 19.1 Å². The first kappa shape index (κ1) is 9.06. The maximum absolute atomic E-state index is 10.8. The quantitative estimate of drug-likeness (QED) is 0.756. The lowest BCUT2D eigenvalue weighted by Crippen LogP contribution is -2.09. The third kappa shape index (κ3) is 2.92. The summed E-state index contributed by atoms with van der Waals surface area (Å²) >= 11 is 0. The van der Waals surface area contributed by atoms with Crippen LogP contribution in [0.3, 0.4) is 0 Å². The van der Waals surface area contributed by atoms with Crippen LogP contribution < -0.4 is 4.72 Å². The maximum atomic E-state index is 10.8. The molecule has 0 heterocycles. The summed E-state index contributed by atoms with van der Waals surface area (Å²) in [4.78, 5) is 0. The summed E-state index contributed by atoms with van der Waals surface area (Å²) < 4.78 is 23.9. The molecule has 4 heteroatoms. The van der Waals surface area contributed by atoms with Crippen LogP contribution >= 0.6 is 0 Å². The molecule has 0 aliphatic heterocycles. The van der Waals surface area contributed by atoms with Crippen molar-refractivity contribution in [1.29, 1.82) is 0 Å². The fourth-order valence-corrected chi connectivity index (χ4v) is 1.40. The second-order valence-corrected chi connectivity index (χ2v) is 4.49. The largest absolute Gasteiger partial charge is 0.284 e. The highest BCUT2D eigenvalue weighted by atomic mass is 32.2. The van der Waals surface area contributed by atoms with E-state index < -0.39 is 10.0 Å². The van der Waals surface area contributed by atoms with Crippen LogP contribution in [0.1, 0.15) is 5.56 Å². The van der Waals surface area contributed by atoms with E-state index in [0.29, 0.717) is 5.69 Å². The average molecular weight is 185 g/mol. The molecule has 0 saturated heterocycles. The van der Waals surface area contributed by atoms with Gasteiger partial charge in [0.05, 0.1) is 6.26 Å². The molecule has 12 heavy (non-hydrogen) atoms. The summed E-state index contributed by atoms with van der Waals surface area (Å²) in [5.74, 6) is 0. The smallest absolute Gasteiger partial charge is 0.229 e. The van der Waals surface area contributed by atoms with Crippen LogP contribution in [0.4, 0.5) is 5.69 Å². The molecule has 0 aliphatic rings. The predicted molar refractivity (Wildman–Crippen MR) is 49.6 cm³/mol. The Morgan fingerprint density at radius 3 is 2.08 bits per heavy atom. The van der Waals surface area contributed by atoms with Crippen LogP contribution in [0, 0.1) is 6.92 Å². The molecule has 1 N–H and O–H groups in total. The molecule has 1 rings (SSSR count). The molecule has 0 aliphatic carbocycles. The molecule has 0 aromatic heterocycles. The monoisotopic (exact) mass is 185 g/mol. The lowest BCUT2D eigenvalue weighted by Gasteiger charge is -2.02. The van der Waals surface area contributed by atoms with Crippen molar-refractivity contribution in [2.75, 3.05) is 11.0 Å². The fourth-order valence-electron chi connectivity index (χ4n) is 0.836. The summed E-state index contributed by atoms with van der Waals surface area (Å²) in [5.41, 5.74) is 1.71. The van der Waals surface area contributed by atoms with Crippen LogP contribution in [-0.2, 0) is 10.0 Å². The molecule has 0 saturated carbocycles. The molecule has 66 valence electrons. The highest BCUT2D eigenvalue weighted by molar-refractivity contribution is 7.92. The van der Waals surface area contributed by atoms with E-state index in [-0.39, 0.29) is 0 Å². The van der Waals surface area contributed by atoms with Crippen molar-refractivity contribution in [3.8, 4) is 0 Å². The SMILES string of the molecule is Cc1ccc(NS(C)(=O)=O)cc1. The molecular weight excluding hydrogens is 174 g/mol. The maximum Gasteiger partial charge on any atom is 0.229 e. The molecular formula is C8H11NO2S. The van der Waals surface area contributed by atoms with Gasteiger partial charge in [0.25, 0.3) is 0 Å². The van der Waals surface area contributed by atoms with Gasteiger partial charge in [0.1, 0.15) is 0 Å². The lowest BCUT2D eigenvalue weighted by atomic mass is 10.2. The van der Waals surface area contributed by atoms with Crippen molar-refractivity contribution < 1.29 is 8.42 Å². The number of aryl methyl sites for hydroxylation is 1. The van der Waals surface area contributed by atoms with Gasteiger partial charge in [-0.15, -0.1) is 0 Å². The topological polar surface area (TPSA) is 46.2 Å². The summed E-state index contributed by atoms with van der Waals surface area (Å²) in [7, 11) is -3.14. The van der Waals surface area contributed by atoms with Gasteiger partial charge in [0.15, 0.2) is 0 Å². The average Bonchev–Trinajstić information content (AvgIpc) is 1.91. The number of sulfonamides is 1. The van der Waals surface area contributed by atoms with Gasteiger partial charge < -0.3 is 0 Å². The number of rotatable bonds is 2. The van der Waals surface area contributed by atoms with E-state index in [0.717, 1.165) is 11.8 Å². The third-order valence-electron chi connectivity index (χ3n) is 1.35. The highest BCUT2D eigenvalue weighted by Gasteiger charge is 1.99. The molecule has 0 radical (unpaired) electrons. The lowest BCUT2D eigenvalue weighted by molar-refractivity contribution is 0.607. The predicted octanol–water partition coefficient (Wildman–Crippen LogP) is 1.37. The van der Waals surface area contributed by atoms with E-state index in [4.69, 9.17) is 0 Å². The number of anilines is 1.